The highest BCUT2D eigenvalue weighted by molar-refractivity contribution is 8.00. The number of fused-ring (bicyclic) bond motifs is 1. The highest BCUT2D eigenvalue weighted by Crippen LogP contribution is 2.29. The van der Waals surface area contributed by atoms with Crippen LogP contribution in [0.3, 0.4) is 0 Å². The maximum atomic E-state index is 12.6. The van der Waals surface area contributed by atoms with E-state index in [9.17, 15) is 13.2 Å². The van der Waals surface area contributed by atoms with E-state index in [0.29, 0.717) is 22.2 Å². The Hall–Kier alpha value is -2.97. The second-order valence-electron chi connectivity index (χ2n) is 6.36. The number of furan rings is 1. The molecule has 29 heavy (non-hydrogen) atoms. The molecule has 0 aliphatic carbocycles. The van der Waals surface area contributed by atoms with E-state index >= 15 is 0 Å². The van der Waals surface area contributed by atoms with Crippen LogP contribution in [-0.4, -0.2) is 36.2 Å². The molecule has 0 amide bonds. The first-order valence-corrected chi connectivity index (χ1v) is 11.6. The van der Waals surface area contributed by atoms with Crippen LogP contribution in [0.5, 0.6) is 0 Å². The Morgan fingerprint density at radius 1 is 1.00 bits per heavy atom. The number of para-hydroxylation sites is 1. The van der Waals surface area contributed by atoms with Crippen molar-refractivity contribution in [1.82, 2.24) is 9.97 Å². The fourth-order valence-electron chi connectivity index (χ4n) is 2.78. The normalized spacial score (nSPS) is 11.6. The monoisotopic (exact) mass is 424 g/mol. The summed E-state index contributed by atoms with van der Waals surface area (Å²) >= 11 is 1.31. The second kappa shape index (κ2) is 7.81. The zero-order valence-corrected chi connectivity index (χ0v) is 17.0. The molecule has 0 unspecified atom stereocenters. The van der Waals surface area contributed by atoms with Crippen LogP contribution >= 0.6 is 11.8 Å². The summed E-state index contributed by atoms with van der Waals surface area (Å²) in [4.78, 5) is 21.9. The fourth-order valence-corrected chi connectivity index (χ4v) is 4.32. The molecular formula is C21H16N2O4S2. The molecule has 0 spiro atoms. The maximum absolute atomic E-state index is 12.6. The van der Waals surface area contributed by atoms with Gasteiger partial charge in [0.1, 0.15) is 5.03 Å². The molecule has 0 aliphatic rings. The number of aromatic nitrogens is 2. The third-order valence-corrected chi connectivity index (χ3v) is 6.37. The van der Waals surface area contributed by atoms with Crippen molar-refractivity contribution in [2.24, 2.45) is 0 Å². The Kier molecular flexibility index (Phi) is 5.21. The first-order valence-electron chi connectivity index (χ1n) is 8.68. The van der Waals surface area contributed by atoms with Crippen LogP contribution in [0.15, 0.2) is 81.3 Å². The van der Waals surface area contributed by atoms with E-state index in [1.165, 1.54) is 36.0 Å². The van der Waals surface area contributed by atoms with Gasteiger partial charge in [-0.2, -0.15) is 0 Å². The van der Waals surface area contributed by atoms with Crippen LogP contribution in [0, 0.1) is 0 Å². The van der Waals surface area contributed by atoms with Crippen molar-refractivity contribution in [3.05, 3.63) is 72.5 Å². The lowest BCUT2D eigenvalue weighted by Crippen LogP contribution is -2.04. The van der Waals surface area contributed by atoms with Gasteiger partial charge in [-0.25, -0.2) is 18.4 Å². The van der Waals surface area contributed by atoms with Crippen molar-refractivity contribution in [2.45, 2.75) is 9.92 Å². The molecule has 146 valence electrons. The first kappa shape index (κ1) is 19.4. The van der Waals surface area contributed by atoms with Crippen LogP contribution in [0.1, 0.15) is 10.4 Å². The number of rotatable bonds is 6. The Morgan fingerprint density at radius 3 is 2.45 bits per heavy atom. The molecule has 4 aromatic rings. The molecule has 0 aliphatic heterocycles. The molecule has 8 heteroatoms. The standard InChI is InChI=1S/C21H16N2O4S2/c1-29(25,26)15-10-8-14(9-11-15)18(24)13-28-21-16-5-2-3-6-17(16)22-20(23-21)19-7-4-12-27-19/h2-12H,13H2,1H3. The first-order chi connectivity index (χ1) is 13.9. The van der Waals surface area contributed by atoms with E-state index in [0.717, 1.165) is 17.2 Å². The Labute approximate surface area is 171 Å². The van der Waals surface area contributed by atoms with Gasteiger partial charge in [0.2, 0.25) is 0 Å². The molecule has 0 saturated heterocycles. The highest BCUT2D eigenvalue weighted by Gasteiger charge is 2.15. The molecule has 2 heterocycles. The van der Waals surface area contributed by atoms with Crippen LogP contribution in [0.4, 0.5) is 0 Å². The lowest BCUT2D eigenvalue weighted by atomic mass is 10.1. The number of Topliss-reactive ketones (excluding diaryl/α,β-unsaturated/α-hetero) is 1. The zero-order chi connectivity index (χ0) is 20.4. The molecule has 2 aromatic heterocycles. The number of carbonyl (C=O) groups is 1. The van der Waals surface area contributed by atoms with E-state index < -0.39 is 9.84 Å². The molecule has 0 N–H and O–H groups in total. The average molecular weight is 425 g/mol. The van der Waals surface area contributed by atoms with Gasteiger partial charge in [0.15, 0.2) is 27.2 Å². The predicted octanol–water partition coefficient (Wildman–Crippen LogP) is 4.27. The molecule has 0 saturated carbocycles. The highest BCUT2D eigenvalue weighted by atomic mass is 32.2. The lowest BCUT2D eigenvalue weighted by molar-refractivity contribution is 0.102. The summed E-state index contributed by atoms with van der Waals surface area (Å²) in [7, 11) is -3.29. The van der Waals surface area contributed by atoms with Gasteiger partial charge in [-0.05, 0) is 30.3 Å². The van der Waals surface area contributed by atoms with Crippen molar-refractivity contribution in [3.8, 4) is 11.6 Å². The number of thioether (sulfide) groups is 1. The van der Waals surface area contributed by atoms with Crippen molar-refractivity contribution < 1.29 is 17.6 Å². The van der Waals surface area contributed by atoms with Gasteiger partial charge in [0, 0.05) is 17.2 Å². The summed E-state index contributed by atoms with van der Waals surface area (Å²) in [6, 6.07) is 17.1. The van der Waals surface area contributed by atoms with Crippen LogP contribution in [0.25, 0.3) is 22.5 Å². The van der Waals surface area contributed by atoms with Gasteiger partial charge in [0.25, 0.3) is 0 Å². The zero-order valence-electron chi connectivity index (χ0n) is 15.4. The number of carbonyl (C=O) groups excluding carboxylic acids is 1. The van der Waals surface area contributed by atoms with Crippen molar-refractivity contribution >= 4 is 38.3 Å². The molecular weight excluding hydrogens is 408 g/mol. The third-order valence-electron chi connectivity index (χ3n) is 4.25. The summed E-state index contributed by atoms with van der Waals surface area (Å²) in [5.74, 6) is 1.07. The van der Waals surface area contributed by atoms with Gasteiger partial charge in [-0.15, -0.1) is 0 Å². The average Bonchev–Trinajstić information content (AvgIpc) is 3.26. The molecule has 4 rings (SSSR count). The van der Waals surface area contributed by atoms with Crippen molar-refractivity contribution in [2.75, 3.05) is 12.0 Å². The van der Waals surface area contributed by atoms with Crippen LogP contribution in [-0.2, 0) is 9.84 Å². The summed E-state index contributed by atoms with van der Waals surface area (Å²) in [6.07, 6.45) is 2.70. The van der Waals surface area contributed by atoms with Crippen LogP contribution < -0.4 is 0 Å². The Balaban J connectivity index is 1.60. The van der Waals surface area contributed by atoms with Crippen LogP contribution in [0.2, 0.25) is 0 Å². The lowest BCUT2D eigenvalue weighted by Gasteiger charge is -2.07. The van der Waals surface area contributed by atoms with E-state index in [2.05, 4.69) is 9.97 Å². The third kappa shape index (κ3) is 4.23. The molecule has 2 aromatic carbocycles. The molecule has 6 nitrogen and oxygen atoms in total. The van der Waals surface area contributed by atoms with E-state index in [4.69, 9.17) is 4.42 Å². The number of ketones is 1. The molecule has 0 atom stereocenters. The summed E-state index contributed by atoms with van der Waals surface area (Å²) in [6.45, 7) is 0. The Bertz CT molecular complexity index is 1280. The van der Waals surface area contributed by atoms with Gasteiger partial charge in [0.05, 0.1) is 22.4 Å². The van der Waals surface area contributed by atoms with Gasteiger partial charge in [-0.3, -0.25) is 4.79 Å². The van der Waals surface area contributed by atoms with Gasteiger partial charge < -0.3 is 4.42 Å². The number of hydrogen-bond donors (Lipinski definition) is 0. The Morgan fingerprint density at radius 2 is 1.76 bits per heavy atom. The quantitative estimate of drug-likeness (QED) is 0.259. The number of nitrogens with zero attached hydrogens (tertiary/aromatic N) is 2. The molecule has 0 bridgehead atoms. The second-order valence-corrected chi connectivity index (χ2v) is 9.33. The fraction of sp³-hybridized carbons (Fsp3) is 0.0952. The number of sulfone groups is 1. The molecule has 0 radical (unpaired) electrons. The van der Waals surface area contributed by atoms with Crippen molar-refractivity contribution in [3.63, 3.8) is 0 Å². The van der Waals surface area contributed by atoms with E-state index in [-0.39, 0.29) is 16.4 Å². The minimum atomic E-state index is -3.29. The summed E-state index contributed by atoms with van der Waals surface area (Å²) in [5, 5.41) is 1.54. The topological polar surface area (TPSA) is 90.1 Å². The van der Waals surface area contributed by atoms with Crippen molar-refractivity contribution in [1.29, 1.82) is 0 Å². The molecule has 0 fully saturated rings. The predicted molar refractivity (Wildman–Crippen MR) is 112 cm³/mol. The van der Waals surface area contributed by atoms with Gasteiger partial charge >= 0.3 is 0 Å². The van der Waals surface area contributed by atoms with E-state index in [1.807, 2.05) is 24.3 Å². The minimum absolute atomic E-state index is 0.114. The summed E-state index contributed by atoms with van der Waals surface area (Å²) < 4.78 is 28.5. The van der Waals surface area contributed by atoms with E-state index in [1.54, 1.807) is 18.4 Å². The van der Waals surface area contributed by atoms with Gasteiger partial charge in [-0.1, -0.05) is 42.1 Å². The number of hydrogen-bond acceptors (Lipinski definition) is 7. The largest absolute Gasteiger partial charge is 0.461 e. The maximum Gasteiger partial charge on any atom is 0.197 e. The summed E-state index contributed by atoms with van der Waals surface area (Å²) in [5.41, 5.74) is 1.22. The minimum Gasteiger partial charge on any atom is -0.461 e. The smallest absolute Gasteiger partial charge is 0.197 e. The SMILES string of the molecule is CS(=O)(=O)c1ccc(C(=O)CSc2nc(-c3ccco3)nc3ccccc23)cc1. The number of benzene rings is 2.